The second-order valence-corrected chi connectivity index (χ2v) is 7.60. The van der Waals surface area contributed by atoms with Gasteiger partial charge in [-0.05, 0) is 65.9 Å². The molecule has 33 heavy (non-hydrogen) atoms. The molecule has 2 aromatic heterocycles. The Labute approximate surface area is 193 Å². The Morgan fingerprint density at radius 3 is 2.58 bits per heavy atom. The molecule has 0 aliphatic heterocycles. The number of carbonyl (C=O) groups excluding carboxylic acids is 1. The Balaban J connectivity index is 1.58. The summed E-state index contributed by atoms with van der Waals surface area (Å²) in [5, 5.41) is 2.85. The van der Waals surface area contributed by atoms with Gasteiger partial charge in [0, 0.05) is 23.5 Å². The van der Waals surface area contributed by atoms with Gasteiger partial charge in [-0.25, -0.2) is 9.97 Å². The van der Waals surface area contributed by atoms with Crippen LogP contribution in [0.1, 0.15) is 38.3 Å². The van der Waals surface area contributed by atoms with Crippen molar-refractivity contribution in [2.75, 3.05) is 5.32 Å². The first-order valence-electron chi connectivity index (χ1n) is 10.6. The van der Waals surface area contributed by atoms with Crippen LogP contribution in [0.3, 0.4) is 0 Å². The van der Waals surface area contributed by atoms with E-state index in [2.05, 4.69) is 45.1 Å². The van der Waals surface area contributed by atoms with Gasteiger partial charge in [-0.15, -0.1) is 0 Å². The molecular weight excluding hydrogens is 408 g/mol. The largest absolute Gasteiger partial charge is 0.321 e. The predicted molar refractivity (Wildman–Crippen MR) is 133 cm³/mol. The smallest absolute Gasteiger partial charge is 0.255 e. The summed E-state index contributed by atoms with van der Waals surface area (Å²) in [5.41, 5.74) is 7.43. The Bertz CT molecular complexity index is 1300. The van der Waals surface area contributed by atoms with E-state index in [1.807, 2.05) is 61.7 Å². The van der Waals surface area contributed by atoms with Gasteiger partial charge in [-0.3, -0.25) is 9.78 Å². The quantitative estimate of drug-likeness (QED) is 0.404. The standard InChI is InChI=1S/C28H24N4O/c1-3-21-6-4-7-24(16-21)26(27-20(2)17-30-19-31-27)14-11-22-9-12-23(13-10-22)28(33)32-25-8-5-15-29-18-25/h3-10,12-19H,1,11H2,2H3,(H,32,33)/b26-14-. The number of nitrogens with zero attached hydrogens (tertiary/aromatic N) is 3. The summed E-state index contributed by atoms with van der Waals surface area (Å²) >= 11 is 0. The van der Waals surface area contributed by atoms with Crippen molar-refractivity contribution in [3.63, 3.8) is 0 Å². The van der Waals surface area contributed by atoms with E-state index in [4.69, 9.17) is 0 Å². The van der Waals surface area contributed by atoms with Crippen molar-refractivity contribution >= 4 is 23.2 Å². The number of carbonyl (C=O) groups is 1. The van der Waals surface area contributed by atoms with E-state index in [0.717, 1.165) is 33.5 Å². The summed E-state index contributed by atoms with van der Waals surface area (Å²) in [6.45, 7) is 5.89. The zero-order valence-corrected chi connectivity index (χ0v) is 18.4. The molecule has 0 radical (unpaired) electrons. The average molecular weight is 433 g/mol. The van der Waals surface area contributed by atoms with Gasteiger partial charge in [0.1, 0.15) is 6.33 Å². The maximum Gasteiger partial charge on any atom is 0.255 e. The number of aryl methyl sites for hydroxylation is 1. The van der Waals surface area contributed by atoms with Crippen LogP contribution in [-0.2, 0) is 6.42 Å². The number of hydrogen-bond donors (Lipinski definition) is 1. The number of hydrogen-bond acceptors (Lipinski definition) is 4. The first kappa shape index (κ1) is 21.8. The average Bonchev–Trinajstić information content (AvgIpc) is 2.86. The lowest BCUT2D eigenvalue weighted by Crippen LogP contribution is -2.11. The number of rotatable bonds is 7. The lowest BCUT2D eigenvalue weighted by atomic mass is 9.96. The molecule has 0 atom stereocenters. The topological polar surface area (TPSA) is 67.8 Å². The van der Waals surface area contributed by atoms with Gasteiger partial charge < -0.3 is 5.32 Å². The van der Waals surface area contributed by atoms with E-state index >= 15 is 0 Å². The minimum absolute atomic E-state index is 0.163. The molecule has 1 amide bonds. The molecule has 1 N–H and O–H groups in total. The second-order valence-electron chi connectivity index (χ2n) is 7.60. The number of amides is 1. The molecule has 0 saturated carbocycles. The second kappa shape index (κ2) is 10.3. The Morgan fingerprint density at radius 1 is 1.00 bits per heavy atom. The van der Waals surface area contributed by atoms with Crippen LogP contribution in [0, 0.1) is 6.92 Å². The third kappa shape index (κ3) is 5.46. The number of anilines is 1. The Morgan fingerprint density at radius 2 is 1.85 bits per heavy atom. The Hall–Kier alpha value is -4.38. The molecule has 0 fully saturated rings. The van der Waals surface area contributed by atoms with Crippen LogP contribution in [0.25, 0.3) is 11.6 Å². The normalized spacial score (nSPS) is 11.1. The first-order valence-corrected chi connectivity index (χ1v) is 10.6. The summed E-state index contributed by atoms with van der Waals surface area (Å²) in [6.07, 6.45) is 11.4. The molecule has 0 bridgehead atoms. The molecule has 0 aliphatic rings. The zero-order valence-electron chi connectivity index (χ0n) is 18.4. The summed E-state index contributed by atoms with van der Waals surface area (Å²) in [6, 6.07) is 19.4. The molecule has 5 heteroatoms. The van der Waals surface area contributed by atoms with Gasteiger partial charge in [-0.1, -0.05) is 49.1 Å². The maximum absolute atomic E-state index is 12.5. The molecular formula is C28H24N4O. The summed E-state index contributed by atoms with van der Waals surface area (Å²) in [7, 11) is 0. The van der Waals surface area contributed by atoms with Crippen LogP contribution >= 0.6 is 0 Å². The van der Waals surface area contributed by atoms with Gasteiger partial charge in [0.25, 0.3) is 5.91 Å². The molecule has 0 saturated heterocycles. The Kier molecular flexibility index (Phi) is 6.81. The minimum atomic E-state index is -0.163. The fourth-order valence-electron chi connectivity index (χ4n) is 3.52. The maximum atomic E-state index is 12.5. The first-order chi connectivity index (χ1) is 16.1. The van der Waals surface area contributed by atoms with E-state index in [1.165, 1.54) is 0 Å². The van der Waals surface area contributed by atoms with Crippen molar-refractivity contribution in [2.24, 2.45) is 0 Å². The zero-order chi connectivity index (χ0) is 23.0. The summed E-state index contributed by atoms with van der Waals surface area (Å²) < 4.78 is 0. The molecule has 0 aliphatic carbocycles. The van der Waals surface area contributed by atoms with Crippen molar-refractivity contribution in [2.45, 2.75) is 13.3 Å². The van der Waals surface area contributed by atoms with E-state index in [0.29, 0.717) is 17.7 Å². The highest BCUT2D eigenvalue weighted by atomic mass is 16.1. The fourth-order valence-corrected chi connectivity index (χ4v) is 3.52. The van der Waals surface area contributed by atoms with Crippen molar-refractivity contribution in [3.05, 3.63) is 132 Å². The van der Waals surface area contributed by atoms with Crippen molar-refractivity contribution in [1.82, 2.24) is 15.0 Å². The number of benzene rings is 2. The highest BCUT2D eigenvalue weighted by Gasteiger charge is 2.11. The molecule has 5 nitrogen and oxygen atoms in total. The van der Waals surface area contributed by atoms with Gasteiger partial charge in [0.05, 0.1) is 17.6 Å². The minimum Gasteiger partial charge on any atom is -0.321 e. The molecule has 0 unspecified atom stereocenters. The van der Waals surface area contributed by atoms with Crippen molar-refractivity contribution in [1.29, 1.82) is 0 Å². The third-order valence-electron chi connectivity index (χ3n) is 5.26. The number of allylic oxidation sites excluding steroid dienone is 1. The van der Waals surface area contributed by atoms with Crippen molar-refractivity contribution in [3.8, 4) is 0 Å². The van der Waals surface area contributed by atoms with E-state index in [9.17, 15) is 4.79 Å². The van der Waals surface area contributed by atoms with Crippen LogP contribution < -0.4 is 5.32 Å². The van der Waals surface area contributed by atoms with Crippen LogP contribution in [0.2, 0.25) is 0 Å². The lowest BCUT2D eigenvalue weighted by molar-refractivity contribution is 0.102. The highest BCUT2D eigenvalue weighted by Crippen LogP contribution is 2.26. The molecule has 4 aromatic rings. The predicted octanol–water partition coefficient (Wildman–Crippen LogP) is 5.75. The summed E-state index contributed by atoms with van der Waals surface area (Å²) in [5.74, 6) is -0.163. The number of nitrogens with one attached hydrogen (secondary N) is 1. The van der Waals surface area contributed by atoms with E-state index < -0.39 is 0 Å². The molecule has 2 heterocycles. The van der Waals surface area contributed by atoms with Crippen LogP contribution in [0.15, 0.2) is 98.2 Å². The van der Waals surface area contributed by atoms with Gasteiger partial charge >= 0.3 is 0 Å². The number of aromatic nitrogens is 3. The van der Waals surface area contributed by atoms with Crippen LogP contribution in [-0.4, -0.2) is 20.9 Å². The number of pyridine rings is 1. The van der Waals surface area contributed by atoms with Gasteiger partial charge in [0.15, 0.2) is 0 Å². The molecule has 2 aromatic carbocycles. The van der Waals surface area contributed by atoms with Gasteiger partial charge in [0.2, 0.25) is 0 Å². The summed E-state index contributed by atoms with van der Waals surface area (Å²) in [4.78, 5) is 25.2. The van der Waals surface area contributed by atoms with Crippen molar-refractivity contribution < 1.29 is 4.79 Å². The third-order valence-corrected chi connectivity index (χ3v) is 5.26. The highest BCUT2D eigenvalue weighted by molar-refractivity contribution is 6.04. The van der Waals surface area contributed by atoms with E-state index in [-0.39, 0.29) is 5.91 Å². The fraction of sp³-hybridized carbons (Fsp3) is 0.0714. The lowest BCUT2D eigenvalue weighted by Gasteiger charge is -2.11. The monoisotopic (exact) mass is 432 g/mol. The van der Waals surface area contributed by atoms with Crippen LogP contribution in [0.4, 0.5) is 5.69 Å². The van der Waals surface area contributed by atoms with E-state index in [1.54, 1.807) is 24.8 Å². The SMILES string of the molecule is C=Cc1cccc(/C(=C/Cc2ccc(C(=O)Nc3cccnc3)cc2)c2ncncc2C)c1. The van der Waals surface area contributed by atoms with Gasteiger partial charge in [-0.2, -0.15) is 0 Å². The molecule has 162 valence electrons. The molecule has 4 rings (SSSR count). The van der Waals surface area contributed by atoms with Crippen LogP contribution in [0.5, 0.6) is 0 Å². The molecule has 0 spiro atoms.